The van der Waals surface area contributed by atoms with E-state index in [0.29, 0.717) is 5.76 Å². The summed E-state index contributed by atoms with van der Waals surface area (Å²) in [6.07, 6.45) is 1.45. The molecule has 6 nitrogen and oxygen atoms in total. The van der Waals surface area contributed by atoms with Crippen LogP contribution in [-0.4, -0.2) is 34.6 Å². The predicted octanol–water partition coefficient (Wildman–Crippen LogP) is 3.63. The molecule has 1 aromatic heterocycles. The van der Waals surface area contributed by atoms with Gasteiger partial charge in [0, 0.05) is 30.8 Å². The van der Waals surface area contributed by atoms with E-state index >= 15 is 0 Å². The van der Waals surface area contributed by atoms with Crippen LogP contribution in [0.3, 0.4) is 0 Å². The molecule has 3 amide bonds. The number of fused-ring (bicyclic) bond motifs is 1. The van der Waals surface area contributed by atoms with Crippen molar-refractivity contribution in [1.82, 2.24) is 9.80 Å². The first-order valence-electron chi connectivity index (χ1n) is 9.07. The Kier molecular flexibility index (Phi) is 4.91. The monoisotopic (exact) mass is 410 g/mol. The van der Waals surface area contributed by atoms with E-state index in [0.717, 1.165) is 17.0 Å². The third kappa shape index (κ3) is 3.47. The van der Waals surface area contributed by atoms with Crippen LogP contribution in [0.15, 0.2) is 59.2 Å². The molecule has 0 saturated heterocycles. The minimum Gasteiger partial charge on any atom is -0.467 e. The Labute approximate surface area is 170 Å². The summed E-state index contributed by atoms with van der Waals surface area (Å²) in [5, 5.41) is 0. The highest BCUT2D eigenvalue weighted by Gasteiger charge is 2.36. The highest BCUT2D eigenvalue weighted by molar-refractivity contribution is 6.22. The number of hydrogen-bond donors (Lipinski definition) is 0. The summed E-state index contributed by atoms with van der Waals surface area (Å²) in [6.45, 7) is -0.0914. The maximum absolute atomic E-state index is 13.9. The Hall–Kier alpha value is -3.81. The SMILES string of the molecule is CN(Cc1ccc(F)cc1F)C(=O)c1ccc2c(c1)C(=O)N(Cc1ccco1)C2=O. The number of halogens is 2. The van der Waals surface area contributed by atoms with Crippen LogP contribution in [0.1, 0.15) is 42.4 Å². The maximum atomic E-state index is 13.9. The van der Waals surface area contributed by atoms with Crippen molar-refractivity contribution >= 4 is 17.7 Å². The van der Waals surface area contributed by atoms with Gasteiger partial charge in [-0.15, -0.1) is 0 Å². The molecular formula is C22H16F2N2O4. The van der Waals surface area contributed by atoms with Gasteiger partial charge >= 0.3 is 0 Å². The van der Waals surface area contributed by atoms with Gasteiger partial charge in [-0.1, -0.05) is 6.07 Å². The lowest BCUT2D eigenvalue weighted by Gasteiger charge is -2.18. The average Bonchev–Trinajstić information content (AvgIpc) is 3.32. The molecular weight excluding hydrogens is 394 g/mol. The molecule has 30 heavy (non-hydrogen) atoms. The summed E-state index contributed by atoms with van der Waals surface area (Å²) in [4.78, 5) is 40.3. The van der Waals surface area contributed by atoms with Gasteiger partial charge in [0.15, 0.2) is 0 Å². The molecule has 0 N–H and O–H groups in total. The van der Waals surface area contributed by atoms with Crippen molar-refractivity contribution in [3.8, 4) is 0 Å². The molecule has 0 unspecified atom stereocenters. The molecule has 0 saturated carbocycles. The van der Waals surface area contributed by atoms with Gasteiger partial charge in [0.2, 0.25) is 0 Å². The van der Waals surface area contributed by atoms with E-state index in [1.807, 2.05) is 0 Å². The molecule has 2 aromatic carbocycles. The van der Waals surface area contributed by atoms with Gasteiger partial charge < -0.3 is 9.32 Å². The minimum absolute atomic E-state index is 0.00757. The third-order valence-corrected chi connectivity index (χ3v) is 4.88. The quantitative estimate of drug-likeness (QED) is 0.603. The number of carbonyl (C=O) groups excluding carboxylic acids is 3. The number of imide groups is 1. The van der Waals surface area contributed by atoms with Gasteiger partial charge in [-0.25, -0.2) is 8.78 Å². The Balaban J connectivity index is 1.54. The van der Waals surface area contributed by atoms with Crippen molar-refractivity contribution in [3.05, 3.63) is 94.4 Å². The van der Waals surface area contributed by atoms with E-state index in [1.54, 1.807) is 12.1 Å². The van der Waals surface area contributed by atoms with E-state index in [-0.39, 0.29) is 35.3 Å². The van der Waals surface area contributed by atoms with Gasteiger partial charge in [-0.3, -0.25) is 19.3 Å². The average molecular weight is 410 g/mol. The van der Waals surface area contributed by atoms with E-state index in [1.165, 1.54) is 42.5 Å². The fourth-order valence-electron chi connectivity index (χ4n) is 3.32. The second-order valence-corrected chi connectivity index (χ2v) is 6.93. The largest absolute Gasteiger partial charge is 0.467 e. The number of furan rings is 1. The molecule has 2 heterocycles. The summed E-state index contributed by atoms with van der Waals surface area (Å²) in [6, 6.07) is 10.7. The van der Waals surface area contributed by atoms with E-state index in [4.69, 9.17) is 4.42 Å². The standard InChI is InChI=1S/C22H16F2N2O4/c1-25(11-14-4-6-15(23)10-19(14)24)20(27)13-5-7-17-18(9-13)22(29)26(21(17)28)12-16-3-2-8-30-16/h2-10H,11-12H2,1H3. The number of benzene rings is 2. The Bertz CT molecular complexity index is 1160. The first kappa shape index (κ1) is 19.5. The maximum Gasteiger partial charge on any atom is 0.261 e. The van der Waals surface area contributed by atoms with Crippen LogP contribution in [0.25, 0.3) is 0 Å². The first-order valence-corrected chi connectivity index (χ1v) is 9.07. The lowest BCUT2D eigenvalue weighted by Crippen LogP contribution is -2.29. The molecule has 152 valence electrons. The highest BCUT2D eigenvalue weighted by atomic mass is 19.1. The zero-order valence-corrected chi connectivity index (χ0v) is 15.9. The minimum atomic E-state index is -0.752. The van der Waals surface area contributed by atoms with Crippen LogP contribution < -0.4 is 0 Å². The second kappa shape index (κ2) is 7.55. The molecule has 0 atom stereocenters. The van der Waals surface area contributed by atoms with Crippen LogP contribution in [0, 0.1) is 11.6 Å². The van der Waals surface area contributed by atoms with Crippen molar-refractivity contribution < 1.29 is 27.6 Å². The van der Waals surface area contributed by atoms with Crippen molar-refractivity contribution in [2.24, 2.45) is 0 Å². The normalized spacial score (nSPS) is 13.0. The molecule has 0 aliphatic carbocycles. The molecule has 1 aliphatic heterocycles. The third-order valence-electron chi connectivity index (χ3n) is 4.88. The zero-order valence-electron chi connectivity index (χ0n) is 15.9. The fourth-order valence-corrected chi connectivity index (χ4v) is 3.32. The van der Waals surface area contributed by atoms with Crippen LogP contribution >= 0.6 is 0 Å². The van der Waals surface area contributed by atoms with E-state index < -0.39 is 29.4 Å². The summed E-state index contributed by atoms with van der Waals surface area (Å²) in [7, 11) is 1.47. The first-order chi connectivity index (χ1) is 14.3. The van der Waals surface area contributed by atoms with E-state index in [9.17, 15) is 23.2 Å². The molecule has 8 heteroatoms. The fraction of sp³-hybridized carbons (Fsp3) is 0.136. The number of rotatable bonds is 5. The van der Waals surface area contributed by atoms with Gasteiger partial charge in [-0.05, 0) is 36.4 Å². The Morgan fingerprint density at radius 2 is 1.80 bits per heavy atom. The van der Waals surface area contributed by atoms with E-state index in [2.05, 4.69) is 0 Å². The van der Waals surface area contributed by atoms with Crippen molar-refractivity contribution in [3.63, 3.8) is 0 Å². The van der Waals surface area contributed by atoms with Crippen molar-refractivity contribution in [2.75, 3.05) is 7.05 Å². The van der Waals surface area contributed by atoms with Crippen LogP contribution in [-0.2, 0) is 13.1 Å². The number of carbonyl (C=O) groups is 3. The summed E-state index contributed by atoms with van der Waals surface area (Å²) in [5.74, 6) is -2.45. The Morgan fingerprint density at radius 1 is 1.03 bits per heavy atom. The summed E-state index contributed by atoms with van der Waals surface area (Å²) >= 11 is 0. The molecule has 0 bridgehead atoms. The number of amides is 3. The van der Waals surface area contributed by atoms with Gasteiger partial charge in [0.05, 0.1) is 23.9 Å². The topological polar surface area (TPSA) is 70.8 Å². The molecule has 1 aliphatic rings. The van der Waals surface area contributed by atoms with Crippen LogP contribution in [0.5, 0.6) is 0 Å². The van der Waals surface area contributed by atoms with Crippen molar-refractivity contribution in [2.45, 2.75) is 13.1 Å². The predicted molar refractivity (Wildman–Crippen MR) is 102 cm³/mol. The van der Waals surface area contributed by atoms with Gasteiger partial charge in [0.1, 0.15) is 17.4 Å². The van der Waals surface area contributed by atoms with Crippen LogP contribution in [0.2, 0.25) is 0 Å². The van der Waals surface area contributed by atoms with Gasteiger partial charge in [-0.2, -0.15) is 0 Å². The van der Waals surface area contributed by atoms with Crippen molar-refractivity contribution in [1.29, 1.82) is 0 Å². The lowest BCUT2D eigenvalue weighted by atomic mass is 10.0. The molecule has 3 aromatic rings. The second-order valence-electron chi connectivity index (χ2n) is 6.93. The smallest absolute Gasteiger partial charge is 0.261 e. The Morgan fingerprint density at radius 3 is 2.50 bits per heavy atom. The molecule has 0 radical (unpaired) electrons. The molecule has 0 fully saturated rings. The number of nitrogens with zero attached hydrogens (tertiary/aromatic N) is 2. The lowest BCUT2D eigenvalue weighted by molar-refractivity contribution is 0.0631. The summed E-state index contributed by atoms with van der Waals surface area (Å²) in [5.41, 5.74) is 0.665. The summed E-state index contributed by atoms with van der Waals surface area (Å²) < 4.78 is 32.1. The number of hydrogen-bond acceptors (Lipinski definition) is 4. The highest BCUT2D eigenvalue weighted by Crippen LogP contribution is 2.26. The zero-order chi connectivity index (χ0) is 21.4. The molecule has 4 rings (SSSR count). The molecule has 0 spiro atoms. The van der Waals surface area contributed by atoms with Gasteiger partial charge in [0.25, 0.3) is 17.7 Å². The van der Waals surface area contributed by atoms with Crippen LogP contribution in [0.4, 0.5) is 8.78 Å².